The summed E-state index contributed by atoms with van der Waals surface area (Å²) in [6.07, 6.45) is -4.18. The molecule has 1 aromatic heterocycles. The summed E-state index contributed by atoms with van der Waals surface area (Å²) in [4.78, 5) is 16.2. The van der Waals surface area contributed by atoms with Crippen LogP contribution in [0.3, 0.4) is 0 Å². The van der Waals surface area contributed by atoms with E-state index < -0.39 is 18.6 Å². The molecule has 0 aromatic carbocycles. The molecule has 0 aliphatic carbocycles. The molecular weight excluding hydrogens is 253 g/mol. The summed E-state index contributed by atoms with van der Waals surface area (Å²) in [5.74, 6) is -0.670. The van der Waals surface area contributed by atoms with Crippen LogP contribution in [0.5, 0.6) is 0 Å². The van der Waals surface area contributed by atoms with Crippen molar-refractivity contribution in [2.24, 2.45) is 0 Å². The van der Waals surface area contributed by atoms with Crippen molar-refractivity contribution in [1.82, 2.24) is 4.98 Å². The molecule has 102 valence electrons. The summed E-state index contributed by atoms with van der Waals surface area (Å²) in [6.45, 7) is 1.52. The molecule has 0 atom stereocenters. The molecule has 0 bridgehead atoms. The number of hydrogen-bond acceptors (Lipinski definition) is 5. The van der Waals surface area contributed by atoms with E-state index in [2.05, 4.69) is 9.72 Å². The normalized spacial score (nSPS) is 11.4. The number of rotatable bonds is 5. The van der Waals surface area contributed by atoms with E-state index in [1.54, 1.807) is 6.92 Å². The van der Waals surface area contributed by atoms with Gasteiger partial charge in [0, 0.05) is 13.6 Å². The summed E-state index contributed by atoms with van der Waals surface area (Å²) in [6, 6.07) is -0.0534. The maximum atomic E-state index is 12.0. The highest BCUT2D eigenvalue weighted by Gasteiger charge is 2.28. The lowest BCUT2D eigenvalue weighted by molar-refractivity contribution is -0.132. The highest BCUT2D eigenvalue weighted by Crippen LogP contribution is 2.21. The Morgan fingerprint density at radius 3 is 2.78 bits per heavy atom. The second kappa shape index (κ2) is 5.74. The quantitative estimate of drug-likeness (QED) is 0.765. The standard InChI is InChI=1S/C10H13F3N2O3/c1-3-17-8(16)7-6-18-9(14-7)15(2)5-4-10(11,12)13/h6H,3-5H2,1-2H3. The van der Waals surface area contributed by atoms with Gasteiger partial charge in [0.2, 0.25) is 0 Å². The topological polar surface area (TPSA) is 55.6 Å². The average Bonchev–Trinajstić information content (AvgIpc) is 2.74. The predicted octanol–water partition coefficient (Wildman–Crippen LogP) is 2.24. The molecule has 0 aliphatic rings. The van der Waals surface area contributed by atoms with Crippen LogP contribution in [0.25, 0.3) is 0 Å². The lowest BCUT2D eigenvalue weighted by Gasteiger charge is -2.15. The molecule has 0 saturated heterocycles. The lowest BCUT2D eigenvalue weighted by atomic mass is 10.4. The van der Waals surface area contributed by atoms with Gasteiger partial charge in [-0.05, 0) is 6.92 Å². The van der Waals surface area contributed by atoms with Crippen molar-refractivity contribution < 1.29 is 27.1 Å². The molecule has 8 heteroatoms. The van der Waals surface area contributed by atoms with Crippen LogP contribution in [0, 0.1) is 0 Å². The molecule has 1 aromatic rings. The van der Waals surface area contributed by atoms with E-state index in [0.717, 1.165) is 6.26 Å². The number of alkyl halides is 3. The molecule has 1 heterocycles. The third-order valence-corrected chi connectivity index (χ3v) is 2.03. The molecule has 1 rings (SSSR count). The van der Waals surface area contributed by atoms with E-state index in [1.165, 1.54) is 11.9 Å². The number of oxazole rings is 1. The van der Waals surface area contributed by atoms with Crippen LogP contribution in [0.4, 0.5) is 19.2 Å². The first kappa shape index (κ1) is 14.3. The van der Waals surface area contributed by atoms with Gasteiger partial charge in [-0.25, -0.2) is 4.79 Å². The average molecular weight is 266 g/mol. The summed E-state index contributed by atoms with van der Waals surface area (Å²) < 4.78 is 45.6. The number of hydrogen-bond donors (Lipinski definition) is 0. The van der Waals surface area contributed by atoms with Crippen molar-refractivity contribution in [2.75, 3.05) is 25.1 Å². The molecule has 18 heavy (non-hydrogen) atoms. The van der Waals surface area contributed by atoms with Crippen molar-refractivity contribution >= 4 is 12.0 Å². The zero-order chi connectivity index (χ0) is 13.8. The Morgan fingerprint density at radius 1 is 1.56 bits per heavy atom. The van der Waals surface area contributed by atoms with E-state index in [4.69, 9.17) is 4.42 Å². The Bertz CT molecular complexity index is 403. The Kier molecular flexibility index (Phi) is 4.57. The third kappa shape index (κ3) is 4.27. The van der Waals surface area contributed by atoms with Crippen LogP contribution < -0.4 is 4.90 Å². The molecule has 0 amide bonds. The van der Waals surface area contributed by atoms with E-state index >= 15 is 0 Å². The molecular formula is C10H13F3N2O3. The minimum absolute atomic E-state index is 0.0534. The molecule has 5 nitrogen and oxygen atoms in total. The molecule has 0 N–H and O–H groups in total. The number of esters is 1. The Hall–Kier alpha value is -1.73. The smallest absolute Gasteiger partial charge is 0.390 e. The van der Waals surface area contributed by atoms with Crippen molar-refractivity contribution in [1.29, 1.82) is 0 Å². The maximum absolute atomic E-state index is 12.0. The third-order valence-electron chi connectivity index (χ3n) is 2.03. The summed E-state index contributed by atoms with van der Waals surface area (Å²) in [5.41, 5.74) is -0.0642. The first-order valence-corrected chi connectivity index (χ1v) is 5.24. The van der Waals surface area contributed by atoms with E-state index in [1.807, 2.05) is 0 Å². The van der Waals surface area contributed by atoms with Gasteiger partial charge in [-0.2, -0.15) is 18.2 Å². The summed E-state index contributed by atoms with van der Waals surface area (Å²) in [7, 11) is 1.40. The number of nitrogens with zero attached hydrogens (tertiary/aromatic N) is 2. The first-order valence-electron chi connectivity index (χ1n) is 5.24. The van der Waals surface area contributed by atoms with Gasteiger partial charge in [-0.15, -0.1) is 0 Å². The van der Waals surface area contributed by atoms with Crippen molar-refractivity contribution in [3.63, 3.8) is 0 Å². The SMILES string of the molecule is CCOC(=O)c1coc(N(C)CCC(F)(F)F)n1. The van der Waals surface area contributed by atoms with Crippen LogP contribution in [0.1, 0.15) is 23.8 Å². The number of anilines is 1. The largest absolute Gasteiger partial charge is 0.461 e. The molecule has 0 fully saturated rings. The minimum atomic E-state index is -4.25. The van der Waals surface area contributed by atoms with Crippen LogP contribution >= 0.6 is 0 Å². The van der Waals surface area contributed by atoms with Gasteiger partial charge in [-0.3, -0.25) is 0 Å². The lowest BCUT2D eigenvalue weighted by Crippen LogP contribution is -2.24. The maximum Gasteiger partial charge on any atom is 0.390 e. The number of aromatic nitrogens is 1. The Balaban J connectivity index is 2.59. The Labute approximate surface area is 102 Å². The summed E-state index contributed by atoms with van der Waals surface area (Å²) >= 11 is 0. The highest BCUT2D eigenvalue weighted by atomic mass is 19.4. The number of ether oxygens (including phenoxy) is 1. The van der Waals surface area contributed by atoms with Crippen LogP contribution in [-0.2, 0) is 4.74 Å². The first-order chi connectivity index (χ1) is 8.33. The molecule has 0 aliphatic heterocycles. The van der Waals surface area contributed by atoms with Crippen LogP contribution in [0.15, 0.2) is 10.7 Å². The predicted molar refractivity (Wildman–Crippen MR) is 56.4 cm³/mol. The van der Waals surface area contributed by atoms with Crippen LogP contribution in [-0.4, -0.2) is 37.3 Å². The van der Waals surface area contributed by atoms with Gasteiger partial charge in [0.25, 0.3) is 6.01 Å². The van der Waals surface area contributed by atoms with Gasteiger partial charge < -0.3 is 14.1 Å². The molecule has 0 spiro atoms. The van der Waals surface area contributed by atoms with Crippen molar-refractivity contribution in [3.05, 3.63) is 12.0 Å². The van der Waals surface area contributed by atoms with Crippen LogP contribution in [0.2, 0.25) is 0 Å². The summed E-state index contributed by atoms with van der Waals surface area (Å²) in [5, 5.41) is 0. The van der Waals surface area contributed by atoms with Crippen molar-refractivity contribution in [2.45, 2.75) is 19.5 Å². The van der Waals surface area contributed by atoms with E-state index in [9.17, 15) is 18.0 Å². The van der Waals surface area contributed by atoms with E-state index in [-0.39, 0.29) is 24.9 Å². The number of carbonyl (C=O) groups excluding carboxylic acids is 1. The van der Waals surface area contributed by atoms with Crippen molar-refractivity contribution in [3.8, 4) is 0 Å². The number of carbonyl (C=O) groups is 1. The zero-order valence-corrected chi connectivity index (χ0v) is 9.95. The van der Waals surface area contributed by atoms with Gasteiger partial charge in [0.15, 0.2) is 5.69 Å². The van der Waals surface area contributed by atoms with Gasteiger partial charge in [0.1, 0.15) is 6.26 Å². The minimum Gasteiger partial charge on any atom is -0.461 e. The van der Waals surface area contributed by atoms with Gasteiger partial charge in [0.05, 0.1) is 13.0 Å². The fourth-order valence-electron chi connectivity index (χ4n) is 1.13. The molecule has 0 radical (unpaired) electrons. The molecule has 0 unspecified atom stereocenters. The molecule has 0 saturated carbocycles. The highest BCUT2D eigenvalue weighted by molar-refractivity contribution is 5.87. The zero-order valence-electron chi connectivity index (χ0n) is 9.95. The van der Waals surface area contributed by atoms with E-state index in [0.29, 0.717) is 0 Å². The fourth-order valence-corrected chi connectivity index (χ4v) is 1.13. The number of halogens is 3. The van der Waals surface area contributed by atoms with Gasteiger partial charge in [-0.1, -0.05) is 0 Å². The van der Waals surface area contributed by atoms with Gasteiger partial charge >= 0.3 is 12.1 Å². The monoisotopic (exact) mass is 266 g/mol. The Morgan fingerprint density at radius 2 is 2.22 bits per heavy atom. The second-order valence-corrected chi connectivity index (χ2v) is 3.52. The second-order valence-electron chi connectivity index (χ2n) is 3.52. The fraction of sp³-hybridized carbons (Fsp3) is 0.600.